The van der Waals surface area contributed by atoms with Crippen LogP contribution in [0, 0.1) is 5.92 Å². The van der Waals surface area contributed by atoms with Crippen LogP contribution in [0.25, 0.3) is 5.52 Å². The van der Waals surface area contributed by atoms with Crippen LogP contribution in [0.1, 0.15) is 66.5 Å². The molecule has 0 aliphatic carbocycles. The first-order valence-corrected chi connectivity index (χ1v) is 15.3. The van der Waals surface area contributed by atoms with Gasteiger partial charge in [0.1, 0.15) is 23.9 Å². The Bertz CT molecular complexity index is 1420. The molecule has 1 N–H and O–H groups in total. The fourth-order valence-electron chi connectivity index (χ4n) is 5.61. The van der Waals surface area contributed by atoms with Crippen molar-refractivity contribution in [1.82, 2.24) is 14.3 Å². The van der Waals surface area contributed by atoms with Crippen molar-refractivity contribution in [3.63, 3.8) is 0 Å². The molecule has 3 aliphatic heterocycles. The van der Waals surface area contributed by atoms with E-state index in [1.807, 2.05) is 62.8 Å². The van der Waals surface area contributed by atoms with Crippen LogP contribution in [0.5, 0.6) is 0 Å². The van der Waals surface area contributed by atoms with Gasteiger partial charge in [0, 0.05) is 50.9 Å². The quantitative estimate of drug-likeness (QED) is 0.380. The van der Waals surface area contributed by atoms with E-state index in [9.17, 15) is 9.59 Å². The van der Waals surface area contributed by atoms with Crippen molar-refractivity contribution >= 4 is 50.6 Å². The summed E-state index contributed by atoms with van der Waals surface area (Å²) < 4.78 is 29.2. The van der Waals surface area contributed by atoms with Gasteiger partial charge in [-0.1, -0.05) is 13.0 Å². The maximum absolute atomic E-state index is 13.4. The first-order valence-electron chi connectivity index (χ1n) is 13.7. The van der Waals surface area contributed by atoms with Crippen LogP contribution in [-0.4, -0.2) is 70.6 Å². The van der Waals surface area contributed by atoms with Crippen LogP contribution in [0.4, 0.5) is 4.79 Å². The molecule has 0 spiro atoms. The number of fused-ring (bicyclic) bond motifs is 1. The molecule has 0 radical (unpaired) electrons. The summed E-state index contributed by atoms with van der Waals surface area (Å²) in [5.74, 6) is 0.105. The van der Waals surface area contributed by atoms with Gasteiger partial charge in [0.05, 0.1) is 24.5 Å². The molecule has 0 saturated carbocycles. The van der Waals surface area contributed by atoms with E-state index in [0.29, 0.717) is 47.7 Å². The molecule has 0 bridgehead atoms. The number of ether oxygens (including phenoxy) is 2. The van der Waals surface area contributed by atoms with E-state index >= 15 is 0 Å². The predicted molar refractivity (Wildman–Crippen MR) is 157 cm³/mol. The number of imidazole rings is 1. The molecule has 2 saturated heterocycles. The molecule has 1 unspecified atom stereocenters. The first-order chi connectivity index (χ1) is 18.6. The number of H-pyrrole nitrogens is 1. The van der Waals surface area contributed by atoms with E-state index < -0.39 is 23.9 Å². The van der Waals surface area contributed by atoms with Crippen molar-refractivity contribution in [2.45, 2.75) is 84.2 Å². The van der Waals surface area contributed by atoms with Gasteiger partial charge in [-0.3, -0.25) is 4.79 Å². The highest BCUT2D eigenvalue weighted by atomic mass is 79.9. The number of carbonyl (C=O) groups excluding carboxylic acids is 1. The average Bonchev–Trinajstić information content (AvgIpc) is 3.44. The van der Waals surface area contributed by atoms with E-state index in [-0.39, 0.29) is 23.5 Å². The number of nitrogens with one attached hydrogen (secondary N) is 1. The molecule has 3 aliphatic rings. The third-order valence-corrected chi connectivity index (χ3v) is 9.92. The Hall–Kier alpha value is -1.67. The smallest absolute Gasteiger partial charge is 0.444 e. The maximum Gasteiger partial charge on any atom is 0.490 e. The second-order valence-corrected chi connectivity index (χ2v) is 14.2. The fourth-order valence-corrected chi connectivity index (χ4v) is 7.10. The van der Waals surface area contributed by atoms with Crippen molar-refractivity contribution in [2.75, 3.05) is 26.3 Å². The van der Waals surface area contributed by atoms with Crippen LogP contribution >= 0.6 is 31.9 Å². The Morgan fingerprint density at radius 3 is 2.62 bits per heavy atom. The van der Waals surface area contributed by atoms with Gasteiger partial charge >= 0.3 is 23.5 Å². The molecule has 5 heterocycles. The van der Waals surface area contributed by atoms with Crippen LogP contribution in [0.15, 0.2) is 31.9 Å². The number of carbonyl (C=O) groups is 1. The van der Waals surface area contributed by atoms with Crippen molar-refractivity contribution in [3.8, 4) is 0 Å². The van der Waals surface area contributed by atoms with E-state index in [0.717, 1.165) is 17.6 Å². The van der Waals surface area contributed by atoms with Crippen LogP contribution in [-0.2, 0) is 25.3 Å². The molecule has 10 nitrogen and oxygen atoms in total. The van der Waals surface area contributed by atoms with Gasteiger partial charge in [0.2, 0.25) is 4.60 Å². The molecule has 40 heavy (non-hydrogen) atoms. The number of hydrogen-bond acceptors (Lipinski definition) is 6. The highest BCUT2D eigenvalue weighted by Gasteiger charge is 2.57. The van der Waals surface area contributed by atoms with Gasteiger partial charge in [0.15, 0.2) is 0 Å². The minimum absolute atomic E-state index is 0.0392. The van der Waals surface area contributed by atoms with Gasteiger partial charge in [-0.2, -0.15) is 4.40 Å². The summed E-state index contributed by atoms with van der Waals surface area (Å²) in [5.41, 5.74) is 0.270. The monoisotopic (exact) mass is 683 g/mol. The van der Waals surface area contributed by atoms with Gasteiger partial charge in [-0.05, 0) is 59.4 Å². The molecule has 2 aromatic rings. The number of amides is 1. The number of likely N-dealkylation sites (tertiary alicyclic amines) is 1. The lowest BCUT2D eigenvalue weighted by atomic mass is 9.75. The van der Waals surface area contributed by atoms with Crippen LogP contribution < -0.4 is 10.1 Å². The zero-order valence-electron chi connectivity index (χ0n) is 24.2. The van der Waals surface area contributed by atoms with Gasteiger partial charge in [-0.15, -0.1) is 0 Å². The Morgan fingerprint density at radius 2 is 1.98 bits per heavy atom. The molecule has 218 valence electrons. The Labute approximate surface area is 251 Å². The summed E-state index contributed by atoms with van der Waals surface area (Å²) in [6.45, 7) is 16.5. The number of hydrogen-bond donors (Lipinski definition) is 1. The van der Waals surface area contributed by atoms with Crippen molar-refractivity contribution in [3.05, 3.63) is 43.1 Å². The van der Waals surface area contributed by atoms with E-state index in [1.165, 1.54) is 0 Å². The first kappa shape index (κ1) is 29.8. The third kappa shape index (κ3) is 5.44. The van der Waals surface area contributed by atoms with Crippen molar-refractivity contribution < 1.29 is 28.1 Å². The van der Waals surface area contributed by atoms with Gasteiger partial charge < -0.3 is 28.7 Å². The van der Waals surface area contributed by atoms with Crippen molar-refractivity contribution in [2.24, 2.45) is 5.92 Å². The number of aromatic amines is 1. The maximum atomic E-state index is 13.4. The molecule has 2 fully saturated rings. The molecule has 13 heteroatoms. The summed E-state index contributed by atoms with van der Waals surface area (Å²) in [6, 6.07) is 0. The third-order valence-electron chi connectivity index (χ3n) is 8.30. The highest BCUT2D eigenvalue weighted by molar-refractivity contribution is 9.11. The molecular weight excluding hydrogens is 647 g/mol. The summed E-state index contributed by atoms with van der Waals surface area (Å²) >= 11 is 7.45. The Morgan fingerprint density at radius 1 is 1.25 bits per heavy atom. The number of rotatable bonds is 4. The van der Waals surface area contributed by atoms with Gasteiger partial charge in [-0.25, -0.2) is 9.36 Å². The summed E-state index contributed by atoms with van der Waals surface area (Å²) in [6.07, 6.45) is 4.42. The van der Waals surface area contributed by atoms with E-state index in [4.69, 9.17) is 18.8 Å². The molecule has 2 aromatic heterocycles. The average molecular weight is 685 g/mol. The molecule has 1 amide bonds. The molecular formula is C27H38BBr2N4O6+. The van der Waals surface area contributed by atoms with Crippen LogP contribution in [0.3, 0.4) is 0 Å². The lowest BCUT2D eigenvalue weighted by Crippen LogP contribution is -2.56. The zero-order valence-corrected chi connectivity index (χ0v) is 27.3. The summed E-state index contributed by atoms with van der Waals surface area (Å²) in [7, 11) is -0.439. The lowest BCUT2D eigenvalue weighted by molar-refractivity contribution is -0.728. The normalized spacial score (nSPS) is 27.0. The second kappa shape index (κ2) is 10.6. The van der Waals surface area contributed by atoms with Crippen LogP contribution in [0.2, 0.25) is 0 Å². The van der Waals surface area contributed by atoms with E-state index in [2.05, 4.69) is 43.8 Å². The minimum atomic E-state index is -0.694. The van der Waals surface area contributed by atoms with Gasteiger partial charge in [0.25, 0.3) is 5.52 Å². The predicted octanol–water partition coefficient (Wildman–Crippen LogP) is 4.37. The summed E-state index contributed by atoms with van der Waals surface area (Å²) in [4.78, 5) is 31.0. The zero-order chi connectivity index (χ0) is 29.2. The van der Waals surface area contributed by atoms with E-state index in [1.54, 1.807) is 4.90 Å². The minimum Gasteiger partial charge on any atom is -0.444 e. The topological polar surface area (TPSA) is 98.4 Å². The molecule has 0 aromatic carbocycles. The van der Waals surface area contributed by atoms with Crippen molar-refractivity contribution in [1.29, 1.82) is 0 Å². The highest BCUT2D eigenvalue weighted by Crippen LogP contribution is 2.41. The molecule has 3 atom stereocenters. The summed E-state index contributed by atoms with van der Waals surface area (Å²) in [5, 5.41) is 0. The second-order valence-electron chi connectivity index (χ2n) is 12.8. The standard InChI is InChI=1S/C27H37BBr2N4O6/c1-16-12-32(24(36)38-25(2,3)4)13-18(16)19-14-33-20(22(35)31-19)21(29)34(23(33)30)15-27(7)26(5,6)39-28(40-27)17-8-10-37-11-9-17/h8,14,16,18H,9-13,15H2,1-7H3/p+1/t16-,18-,27?/m1/s1. The fraction of sp³-hybridized carbons (Fsp3) is 0.667. The number of nitrogens with zero attached hydrogens (tertiary/aromatic N) is 3. The SMILES string of the molecule is C[C@@H]1CN(C(=O)OC(C)(C)C)C[C@H]1c1cn2c(Br)[n+](CC3(C)OB(C4=CCOCC4)OC3(C)C)c(Br)c2c(=O)[nH]1. The number of aromatic nitrogens is 3. The largest absolute Gasteiger partial charge is 0.490 e. The number of halogens is 2. The lowest BCUT2D eigenvalue weighted by Gasteiger charge is -2.34. The Kier molecular flexibility index (Phi) is 7.87. The molecule has 5 rings (SSSR count). The Balaban J connectivity index is 1.44.